The van der Waals surface area contributed by atoms with Gasteiger partial charge in [0.05, 0.1) is 0 Å². The van der Waals surface area contributed by atoms with E-state index < -0.39 is 0 Å². The highest BCUT2D eigenvalue weighted by Gasteiger charge is 2.28. The number of hydrogen-bond acceptors (Lipinski definition) is 1. The van der Waals surface area contributed by atoms with Gasteiger partial charge in [-0.15, -0.1) is 0 Å². The van der Waals surface area contributed by atoms with Crippen LogP contribution in [0.4, 0.5) is 14.9 Å². The zero-order valence-electron chi connectivity index (χ0n) is 12.3. The first-order valence-electron chi connectivity index (χ1n) is 7.59. The lowest BCUT2D eigenvalue weighted by molar-refractivity contribution is 0.206. The number of anilines is 1. The van der Waals surface area contributed by atoms with Crippen molar-refractivity contribution in [3.8, 4) is 0 Å². The van der Waals surface area contributed by atoms with Crippen LogP contribution in [0.1, 0.15) is 18.4 Å². The van der Waals surface area contributed by atoms with Crippen LogP contribution in [0.25, 0.3) is 0 Å². The molecule has 1 aliphatic rings. The average molecular weight is 298 g/mol. The van der Waals surface area contributed by atoms with Crippen LogP contribution >= 0.6 is 0 Å². The molecule has 2 amide bonds. The third kappa shape index (κ3) is 3.45. The van der Waals surface area contributed by atoms with Gasteiger partial charge in [-0.25, -0.2) is 9.18 Å². The number of hydrogen-bond donors (Lipinski definition) is 1. The molecule has 1 atom stereocenters. The Bertz CT molecular complexity index is 627. The Balaban J connectivity index is 1.65. The van der Waals surface area contributed by atoms with Gasteiger partial charge in [0.25, 0.3) is 0 Å². The molecule has 3 nitrogen and oxygen atoms in total. The highest BCUT2D eigenvalue weighted by atomic mass is 19.1. The van der Waals surface area contributed by atoms with Crippen molar-refractivity contribution in [2.75, 3.05) is 11.9 Å². The zero-order valence-corrected chi connectivity index (χ0v) is 12.3. The van der Waals surface area contributed by atoms with E-state index in [4.69, 9.17) is 0 Å². The Morgan fingerprint density at radius 1 is 1.14 bits per heavy atom. The minimum Gasteiger partial charge on any atom is -0.321 e. The van der Waals surface area contributed by atoms with Gasteiger partial charge in [-0.05, 0) is 49.1 Å². The number of carbonyl (C=O) groups excluding carboxylic acids is 1. The second-order valence-corrected chi connectivity index (χ2v) is 5.62. The molecule has 1 heterocycles. The number of urea groups is 1. The van der Waals surface area contributed by atoms with Crippen molar-refractivity contribution in [3.05, 3.63) is 66.0 Å². The first-order valence-corrected chi connectivity index (χ1v) is 7.59. The molecule has 1 unspecified atom stereocenters. The lowest BCUT2D eigenvalue weighted by Gasteiger charge is -2.25. The van der Waals surface area contributed by atoms with Gasteiger partial charge in [0.15, 0.2) is 0 Å². The fraction of sp³-hybridized carbons (Fsp3) is 0.278. The Morgan fingerprint density at radius 3 is 2.59 bits per heavy atom. The van der Waals surface area contributed by atoms with Crippen molar-refractivity contribution >= 4 is 11.7 Å². The second kappa shape index (κ2) is 6.60. The zero-order chi connectivity index (χ0) is 15.4. The molecular formula is C18H19FN2O. The normalized spacial score (nSPS) is 17.5. The molecule has 0 aliphatic carbocycles. The van der Waals surface area contributed by atoms with Crippen LogP contribution in [0, 0.1) is 5.82 Å². The second-order valence-electron chi connectivity index (χ2n) is 5.62. The lowest BCUT2D eigenvalue weighted by atomic mass is 10.0. The number of likely N-dealkylation sites (tertiary alicyclic amines) is 1. The fourth-order valence-electron chi connectivity index (χ4n) is 2.92. The third-order valence-corrected chi connectivity index (χ3v) is 4.05. The van der Waals surface area contributed by atoms with Crippen LogP contribution in [-0.4, -0.2) is 23.5 Å². The number of nitrogens with one attached hydrogen (secondary N) is 1. The van der Waals surface area contributed by atoms with Gasteiger partial charge in [-0.3, -0.25) is 0 Å². The van der Waals surface area contributed by atoms with Gasteiger partial charge in [-0.1, -0.05) is 30.3 Å². The highest BCUT2D eigenvalue weighted by Crippen LogP contribution is 2.22. The van der Waals surface area contributed by atoms with Crippen LogP contribution in [0.2, 0.25) is 0 Å². The van der Waals surface area contributed by atoms with Crippen molar-refractivity contribution in [1.29, 1.82) is 0 Å². The van der Waals surface area contributed by atoms with Crippen LogP contribution in [0.5, 0.6) is 0 Å². The lowest BCUT2D eigenvalue weighted by Crippen LogP contribution is -2.39. The molecule has 114 valence electrons. The summed E-state index contributed by atoms with van der Waals surface area (Å²) >= 11 is 0. The maximum absolute atomic E-state index is 13.0. The van der Waals surface area contributed by atoms with Crippen LogP contribution < -0.4 is 5.32 Å². The largest absolute Gasteiger partial charge is 0.322 e. The maximum atomic E-state index is 13.0. The third-order valence-electron chi connectivity index (χ3n) is 4.05. The summed E-state index contributed by atoms with van der Waals surface area (Å²) in [6.07, 6.45) is 2.76. The van der Waals surface area contributed by atoms with Crippen molar-refractivity contribution < 1.29 is 9.18 Å². The van der Waals surface area contributed by atoms with E-state index in [2.05, 4.69) is 5.32 Å². The minimum atomic E-state index is -0.228. The molecule has 1 saturated heterocycles. The average Bonchev–Trinajstić information content (AvgIpc) is 2.99. The number of carbonyl (C=O) groups is 1. The molecule has 0 bridgehead atoms. The Labute approximate surface area is 129 Å². The van der Waals surface area contributed by atoms with E-state index in [9.17, 15) is 9.18 Å². The smallest absolute Gasteiger partial charge is 0.321 e. The predicted octanol–water partition coefficient (Wildman–Crippen LogP) is 4.06. The van der Waals surface area contributed by atoms with E-state index in [1.54, 1.807) is 12.1 Å². The van der Waals surface area contributed by atoms with Gasteiger partial charge in [-0.2, -0.15) is 0 Å². The number of nitrogens with zero attached hydrogens (tertiary/aromatic N) is 1. The van der Waals surface area contributed by atoms with Crippen molar-refractivity contribution in [3.63, 3.8) is 0 Å². The molecule has 3 rings (SSSR count). The molecule has 0 spiro atoms. The van der Waals surface area contributed by atoms with Crippen molar-refractivity contribution in [2.45, 2.75) is 25.3 Å². The topological polar surface area (TPSA) is 32.3 Å². The van der Waals surface area contributed by atoms with E-state index in [-0.39, 0.29) is 17.9 Å². The summed E-state index contributed by atoms with van der Waals surface area (Å²) in [6.45, 7) is 0.768. The van der Waals surface area contributed by atoms with Gasteiger partial charge >= 0.3 is 6.03 Å². The summed E-state index contributed by atoms with van der Waals surface area (Å²) in [4.78, 5) is 14.3. The Morgan fingerprint density at radius 2 is 1.86 bits per heavy atom. The van der Waals surface area contributed by atoms with E-state index in [0.29, 0.717) is 0 Å². The highest BCUT2D eigenvalue weighted by molar-refractivity contribution is 5.89. The van der Waals surface area contributed by atoms with E-state index in [1.165, 1.54) is 12.1 Å². The van der Waals surface area contributed by atoms with Gasteiger partial charge in [0.2, 0.25) is 0 Å². The first-order chi connectivity index (χ1) is 10.7. The molecule has 1 aliphatic heterocycles. The van der Waals surface area contributed by atoms with E-state index >= 15 is 0 Å². The van der Waals surface area contributed by atoms with Crippen LogP contribution in [-0.2, 0) is 6.42 Å². The molecule has 0 radical (unpaired) electrons. The molecule has 1 fully saturated rings. The minimum absolute atomic E-state index is 0.0594. The monoisotopic (exact) mass is 298 g/mol. The molecule has 2 aromatic carbocycles. The number of halogens is 1. The standard InChI is InChI=1S/C18H19FN2O/c19-15-10-8-14(9-11-15)13-17-7-4-12-21(17)18(22)20-16-5-2-1-3-6-16/h1-3,5-6,8-11,17H,4,7,12-13H2,(H,20,22). The van der Waals surface area contributed by atoms with Crippen LogP contribution in [0.15, 0.2) is 54.6 Å². The Kier molecular flexibility index (Phi) is 4.37. The molecule has 0 aromatic heterocycles. The predicted molar refractivity (Wildman–Crippen MR) is 85.3 cm³/mol. The number of amides is 2. The molecule has 4 heteroatoms. The number of benzene rings is 2. The quantitative estimate of drug-likeness (QED) is 0.910. The fourth-order valence-corrected chi connectivity index (χ4v) is 2.92. The summed E-state index contributed by atoms with van der Waals surface area (Å²) in [5.74, 6) is -0.228. The summed E-state index contributed by atoms with van der Waals surface area (Å²) in [7, 11) is 0. The summed E-state index contributed by atoms with van der Waals surface area (Å²) < 4.78 is 13.0. The Hall–Kier alpha value is -2.36. The van der Waals surface area contributed by atoms with Crippen LogP contribution in [0.3, 0.4) is 0 Å². The SMILES string of the molecule is O=C(Nc1ccccc1)N1CCCC1Cc1ccc(F)cc1. The molecular weight excluding hydrogens is 279 g/mol. The molecule has 0 saturated carbocycles. The van der Waals surface area contributed by atoms with Crippen molar-refractivity contribution in [1.82, 2.24) is 4.90 Å². The number of rotatable bonds is 3. The van der Waals surface area contributed by atoms with Crippen molar-refractivity contribution in [2.24, 2.45) is 0 Å². The maximum Gasteiger partial charge on any atom is 0.322 e. The first kappa shape index (κ1) is 14.6. The molecule has 1 N–H and O–H groups in total. The molecule has 22 heavy (non-hydrogen) atoms. The molecule has 2 aromatic rings. The van der Waals surface area contributed by atoms with Gasteiger partial charge in [0, 0.05) is 18.3 Å². The van der Waals surface area contributed by atoms with E-state index in [1.807, 2.05) is 35.2 Å². The summed E-state index contributed by atoms with van der Waals surface area (Å²) in [6, 6.07) is 16.1. The van der Waals surface area contributed by atoms with E-state index in [0.717, 1.165) is 37.1 Å². The summed E-state index contributed by atoms with van der Waals surface area (Å²) in [5.41, 5.74) is 1.87. The van der Waals surface area contributed by atoms with Gasteiger partial charge in [0.1, 0.15) is 5.82 Å². The van der Waals surface area contributed by atoms with Gasteiger partial charge < -0.3 is 10.2 Å². The number of para-hydroxylation sites is 1. The summed E-state index contributed by atoms with van der Waals surface area (Å²) in [5, 5.41) is 2.94.